The number of hydrogen-bond acceptors (Lipinski definition) is 4. The van der Waals surface area contributed by atoms with E-state index in [9.17, 15) is 4.79 Å². The molecular formula is C15H32Cl2N4O. The Balaban J connectivity index is 0.00000220. The Morgan fingerprint density at radius 2 is 1.77 bits per heavy atom. The third-order valence-corrected chi connectivity index (χ3v) is 4.95. The van der Waals surface area contributed by atoms with Crippen molar-refractivity contribution in [3.05, 3.63) is 0 Å². The van der Waals surface area contributed by atoms with Gasteiger partial charge in [-0.15, -0.1) is 24.8 Å². The van der Waals surface area contributed by atoms with E-state index >= 15 is 0 Å². The Hall–Kier alpha value is -0.0700. The van der Waals surface area contributed by atoms with Gasteiger partial charge in [-0.3, -0.25) is 4.79 Å². The van der Waals surface area contributed by atoms with Crippen LogP contribution in [0.15, 0.2) is 0 Å². The standard InChI is InChI=1S/C15H30N4O.2ClH/c1-18(2)13-5-10-19(11-6-13)12-9-17-14(20)15(16)7-3-4-8-15;;/h13H,3-12,16H2,1-2H3,(H,17,20);2*1H. The molecule has 1 saturated heterocycles. The summed E-state index contributed by atoms with van der Waals surface area (Å²) in [6, 6.07) is 0.714. The van der Waals surface area contributed by atoms with Crippen molar-refractivity contribution < 1.29 is 4.79 Å². The van der Waals surface area contributed by atoms with Crippen molar-refractivity contribution in [1.82, 2.24) is 15.1 Å². The largest absolute Gasteiger partial charge is 0.353 e. The number of nitrogens with two attached hydrogens (primary N) is 1. The summed E-state index contributed by atoms with van der Waals surface area (Å²) >= 11 is 0. The molecule has 0 aromatic carbocycles. The summed E-state index contributed by atoms with van der Waals surface area (Å²) in [6.45, 7) is 3.94. The Kier molecular flexibility index (Phi) is 9.90. The van der Waals surface area contributed by atoms with Crippen LogP contribution in [0.2, 0.25) is 0 Å². The average Bonchev–Trinajstić information content (AvgIpc) is 2.87. The number of carbonyl (C=O) groups is 1. The van der Waals surface area contributed by atoms with Gasteiger partial charge in [-0.25, -0.2) is 0 Å². The molecule has 1 aliphatic heterocycles. The molecule has 3 N–H and O–H groups in total. The normalized spacial score (nSPS) is 22.0. The highest BCUT2D eigenvalue weighted by Crippen LogP contribution is 2.27. The third kappa shape index (κ3) is 5.85. The quantitative estimate of drug-likeness (QED) is 0.779. The monoisotopic (exact) mass is 354 g/mol. The summed E-state index contributed by atoms with van der Waals surface area (Å²) in [4.78, 5) is 16.8. The van der Waals surface area contributed by atoms with Gasteiger partial charge in [0.15, 0.2) is 0 Å². The minimum atomic E-state index is -0.585. The van der Waals surface area contributed by atoms with Gasteiger partial charge in [-0.2, -0.15) is 0 Å². The van der Waals surface area contributed by atoms with Crippen LogP contribution < -0.4 is 11.1 Å². The van der Waals surface area contributed by atoms with E-state index in [1.54, 1.807) is 0 Å². The molecule has 5 nitrogen and oxygen atoms in total. The molecular weight excluding hydrogens is 323 g/mol. The molecule has 7 heteroatoms. The molecule has 0 spiro atoms. The number of hydrogen-bond donors (Lipinski definition) is 2. The van der Waals surface area contributed by atoms with Crippen LogP contribution in [0.25, 0.3) is 0 Å². The van der Waals surface area contributed by atoms with Crippen molar-refractivity contribution in [3.8, 4) is 0 Å². The first-order valence-corrected chi connectivity index (χ1v) is 7.97. The molecule has 0 bridgehead atoms. The molecule has 0 aromatic heterocycles. The Morgan fingerprint density at radius 3 is 2.27 bits per heavy atom. The molecule has 0 atom stereocenters. The van der Waals surface area contributed by atoms with Gasteiger partial charge >= 0.3 is 0 Å². The van der Waals surface area contributed by atoms with Gasteiger partial charge in [-0.05, 0) is 52.9 Å². The summed E-state index contributed by atoms with van der Waals surface area (Å²) in [5.41, 5.74) is 5.56. The molecule has 2 fully saturated rings. The van der Waals surface area contributed by atoms with Gasteiger partial charge in [0.1, 0.15) is 0 Å². The first-order valence-electron chi connectivity index (χ1n) is 7.97. The van der Waals surface area contributed by atoms with Crippen molar-refractivity contribution in [2.45, 2.75) is 50.1 Å². The number of piperidine rings is 1. The highest BCUT2D eigenvalue weighted by Gasteiger charge is 2.36. The minimum absolute atomic E-state index is 0. The van der Waals surface area contributed by atoms with Gasteiger partial charge in [0.05, 0.1) is 5.54 Å². The second-order valence-corrected chi connectivity index (χ2v) is 6.66. The van der Waals surface area contributed by atoms with Crippen molar-refractivity contribution in [1.29, 1.82) is 0 Å². The number of carbonyl (C=O) groups excluding carboxylic acids is 1. The fourth-order valence-electron chi connectivity index (χ4n) is 3.40. The first kappa shape index (κ1) is 21.9. The Labute approximate surface area is 147 Å². The zero-order valence-electron chi connectivity index (χ0n) is 13.8. The molecule has 0 aromatic rings. The zero-order valence-corrected chi connectivity index (χ0v) is 15.5. The molecule has 1 saturated carbocycles. The topological polar surface area (TPSA) is 61.6 Å². The summed E-state index contributed by atoms with van der Waals surface area (Å²) in [5, 5.41) is 3.03. The van der Waals surface area contributed by atoms with E-state index in [2.05, 4.69) is 29.2 Å². The minimum Gasteiger partial charge on any atom is -0.353 e. The van der Waals surface area contributed by atoms with Crippen LogP contribution in [0.1, 0.15) is 38.5 Å². The fraction of sp³-hybridized carbons (Fsp3) is 0.933. The Bertz CT molecular complexity index is 328. The average molecular weight is 355 g/mol. The van der Waals surface area contributed by atoms with E-state index < -0.39 is 5.54 Å². The maximum absolute atomic E-state index is 12.1. The molecule has 0 radical (unpaired) electrons. The maximum Gasteiger partial charge on any atom is 0.240 e. The first-order chi connectivity index (χ1) is 9.51. The van der Waals surface area contributed by atoms with Gasteiger partial charge < -0.3 is 20.9 Å². The van der Waals surface area contributed by atoms with E-state index in [0.29, 0.717) is 6.04 Å². The van der Waals surface area contributed by atoms with Crippen molar-refractivity contribution in [2.75, 3.05) is 40.3 Å². The molecule has 2 aliphatic rings. The maximum atomic E-state index is 12.1. The van der Waals surface area contributed by atoms with E-state index in [0.717, 1.165) is 51.9 Å². The smallest absolute Gasteiger partial charge is 0.240 e. The van der Waals surface area contributed by atoms with E-state index in [1.807, 2.05) is 0 Å². The summed E-state index contributed by atoms with van der Waals surface area (Å²) < 4.78 is 0. The van der Waals surface area contributed by atoms with Crippen LogP contribution >= 0.6 is 24.8 Å². The number of nitrogens with one attached hydrogen (secondary N) is 1. The summed E-state index contributed by atoms with van der Waals surface area (Å²) in [7, 11) is 4.31. The number of likely N-dealkylation sites (tertiary alicyclic amines) is 1. The van der Waals surface area contributed by atoms with Crippen molar-refractivity contribution >= 4 is 30.7 Å². The SMILES string of the molecule is CN(C)C1CCN(CCNC(=O)C2(N)CCCC2)CC1.Cl.Cl. The number of nitrogens with zero attached hydrogens (tertiary/aromatic N) is 2. The molecule has 22 heavy (non-hydrogen) atoms. The highest BCUT2D eigenvalue weighted by molar-refractivity contribution is 5.86. The predicted molar refractivity (Wildman–Crippen MR) is 96.0 cm³/mol. The van der Waals surface area contributed by atoms with Gasteiger partial charge in [0, 0.05) is 19.1 Å². The van der Waals surface area contributed by atoms with E-state index in [1.165, 1.54) is 12.8 Å². The number of rotatable bonds is 5. The molecule has 1 amide bonds. The van der Waals surface area contributed by atoms with Crippen LogP contribution in [0.5, 0.6) is 0 Å². The lowest BCUT2D eigenvalue weighted by Crippen LogP contribution is -2.53. The fourth-order valence-corrected chi connectivity index (χ4v) is 3.40. The van der Waals surface area contributed by atoms with Crippen molar-refractivity contribution in [2.24, 2.45) is 5.73 Å². The van der Waals surface area contributed by atoms with Crippen LogP contribution in [0.4, 0.5) is 0 Å². The van der Waals surface area contributed by atoms with Gasteiger partial charge in [0.25, 0.3) is 0 Å². The lowest BCUT2D eigenvalue weighted by Gasteiger charge is -2.35. The zero-order chi connectivity index (χ0) is 14.6. The van der Waals surface area contributed by atoms with E-state index in [4.69, 9.17) is 5.73 Å². The van der Waals surface area contributed by atoms with Crippen LogP contribution in [-0.4, -0.2) is 67.6 Å². The van der Waals surface area contributed by atoms with E-state index in [-0.39, 0.29) is 30.7 Å². The van der Waals surface area contributed by atoms with Crippen LogP contribution in [0, 0.1) is 0 Å². The van der Waals surface area contributed by atoms with Gasteiger partial charge in [-0.1, -0.05) is 12.8 Å². The Morgan fingerprint density at radius 1 is 1.23 bits per heavy atom. The number of amides is 1. The van der Waals surface area contributed by atoms with Crippen molar-refractivity contribution in [3.63, 3.8) is 0 Å². The second kappa shape index (κ2) is 9.93. The number of halogens is 2. The molecule has 2 rings (SSSR count). The molecule has 132 valence electrons. The second-order valence-electron chi connectivity index (χ2n) is 6.66. The molecule has 1 aliphatic carbocycles. The highest BCUT2D eigenvalue weighted by atomic mass is 35.5. The van der Waals surface area contributed by atoms with Crippen LogP contribution in [-0.2, 0) is 4.79 Å². The third-order valence-electron chi connectivity index (χ3n) is 4.95. The van der Waals surface area contributed by atoms with Gasteiger partial charge in [0.2, 0.25) is 5.91 Å². The van der Waals surface area contributed by atoms with Crippen LogP contribution in [0.3, 0.4) is 0 Å². The lowest BCUT2D eigenvalue weighted by molar-refractivity contribution is -0.126. The molecule has 0 unspecified atom stereocenters. The molecule has 1 heterocycles. The summed E-state index contributed by atoms with van der Waals surface area (Å²) in [6.07, 6.45) is 6.30. The summed E-state index contributed by atoms with van der Waals surface area (Å²) in [5.74, 6) is 0.0539. The predicted octanol–water partition coefficient (Wildman–Crippen LogP) is 1.24. The lowest BCUT2D eigenvalue weighted by atomic mass is 9.98.